The first kappa shape index (κ1) is 9.75. The number of pyridine rings is 1. The lowest BCUT2D eigenvalue weighted by molar-refractivity contribution is 0.563. The van der Waals surface area contributed by atoms with Gasteiger partial charge in [0.15, 0.2) is 0 Å². The van der Waals surface area contributed by atoms with Crippen molar-refractivity contribution in [2.45, 2.75) is 6.54 Å². The largest absolute Gasteiger partial charge is 0.353 e. The molecule has 0 aliphatic carbocycles. The van der Waals surface area contributed by atoms with Gasteiger partial charge < -0.3 is 4.98 Å². The van der Waals surface area contributed by atoms with Crippen LogP contribution in [0, 0.1) is 0 Å². The number of aromatic nitrogens is 2. The average Bonchev–Trinajstić information content (AvgIpc) is 2.74. The molecule has 0 radical (unpaired) electrons. The van der Waals surface area contributed by atoms with Crippen LogP contribution in [0.3, 0.4) is 0 Å². The van der Waals surface area contributed by atoms with Gasteiger partial charge in [0, 0.05) is 22.5 Å². The Labute approximate surface area is 97.0 Å². The molecular weight excluding hydrogens is 214 g/mol. The van der Waals surface area contributed by atoms with E-state index < -0.39 is 0 Å². The van der Waals surface area contributed by atoms with Crippen molar-refractivity contribution in [3.63, 3.8) is 0 Å². The van der Waals surface area contributed by atoms with Crippen LogP contribution in [-0.4, -0.2) is 16.0 Å². The third-order valence-corrected chi connectivity index (χ3v) is 2.79. The van der Waals surface area contributed by atoms with Gasteiger partial charge >= 0.3 is 0 Å². The number of hydrogen-bond acceptors (Lipinski definition) is 3. The predicted molar refractivity (Wildman–Crippen MR) is 65.4 cm³/mol. The topological polar surface area (TPSA) is 58.1 Å². The van der Waals surface area contributed by atoms with Crippen LogP contribution in [0.15, 0.2) is 41.7 Å². The molecule has 0 unspecified atom stereocenters. The van der Waals surface area contributed by atoms with Crippen molar-refractivity contribution >= 4 is 27.9 Å². The summed E-state index contributed by atoms with van der Waals surface area (Å²) in [5.74, 6) is 0. The molecule has 17 heavy (non-hydrogen) atoms. The highest BCUT2D eigenvalue weighted by molar-refractivity contribution is 6.06. The number of nitrogens with one attached hydrogen (secondary N) is 1. The first-order valence-electron chi connectivity index (χ1n) is 5.26. The van der Waals surface area contributed by atoms with Gasteiger partial charge in [-0.05, 0) is 23.8 Å². The minimum absolute atomic E-state index is 0.372. The lowest BCUT2D eigenvalue weighted by Gasteiger charge is -1.96. The molecule has 3 aromatic rings. The molecule has 0 fully saturated rings. The number of carbonyl (C=O) groups excluding carboxylic acids is 1. The molecule has 0 saturated carbocycles. The van der Waals surface area contributed by atoms with Crippen LogP contribution in [-0.2, 0) is 11.3 Å². The zero-order valence-corrected chi connectivity index (χ0v) is 8.97. The summed E-state index contributed by atoms with van der Waals surface area (Å²) < 4.78 is 0. The average molecular weight is 223 g/mol. The van der Waals surface area contributed by atoms with Gasteiger partial charge in [0.25, 0.3) is 0 Å². The number of rotatable bonds is 2. The van der Waals surface area contributed by atoms with Gasteiger partial charge in [-0.1, -0.05) is 6.07 Å². The van der Waals surface area contributed by atoms with Gasteiger partial charge in [0.2, 0.25) is 6.08 Å². The highest BCUT2D eigenvalue weighted by Gasteiger charge is 2.04. The second-order valence-electron chi connectivity index (χ2n) is 3.83. The molecule has 0 atom stereocenters. The second kappa shape index (κ2) is 3.85. The predicted octanol–water partition coefficient (Wildman–Crippen LogP) is 2.55. The number of hydrogen-bond donors (Lipinski definition) is 1. The first-order valence-corrected chi connectivity index (χ1v) is 5.26. The summed E-state index contributed by atoms with van der Waals surface area (Å²) >= 11 is 0. The van der Waals surface area contributed by atoms with E-state index in [2.05, 4.69) is 15.0 Å². The van der Waals surface area contributed by atoms with Crippen molar-refractivity contribution in [2.75, 3.05) is 0 Å². The van der Waals surface area contributed by atoms with E-state index in [9.17, 15) is 4.79 Å². The van der Waals surface area contributed by atoms with Gasteiger partial charge in [0.1, 0.15) is 0 Å². The number of isocyanates is 1. The van der Waals surface area contributed by atoms with Crippen LogP contribution < -0.4 is 0 Å². The first-order chi connectivity index (χ1) is 8.38. The maximum absolute atomic E-state index is 10.1. The van der Waals surface area contributed by atoms with Crippen molar-refractivity contribution in [3.05, 3.63) is 42.2 Å². The second-order valence-corrected chi connectivity index (χ2v) is 3.83. The molecule has 0 bridgehead atoms. The molecule has 2 heterocycles. The Kier molecular flexibility index (Phi) is 2.21. The summed E-state index contributed by atoms with van der Waals surface area (Å²) in [5, 5.41) is 2.26. The van der Waals surface area contributed by atoms with Gasteiger partial charge in [0.05, 0.1) is 18.3 Å². The Bertz CT molecular complexity index is 739. The summed E-state index contributed by atoms with van der Waals surface area (Å²) in [5.41, 5.74) is 3.07. The summed E-state index contributed by atoms with van der Waals surface area (Å²) in [4.78, 5) is 21.1. The minimum Gasteiger partial charge on any atom is -0.353 e. The molecular formula is C13H9N3O. The molecule has 4 heteroatoms. The standard InChI is InChI=1S/C13H9N3O/c17-8-15-6-9-1-2-12-11(5-9)10-3-4-14-7-13(10)16-12/h1-5,7,16H,6H2. The van der Waals surface area contributed by atoms with E-state index in [1.54, 1.807) is 18.5 Å². The van der Waals surface area contributed by atoms with Crippen LogP contribution in [0.1, 0.15) is 5.56 Å². The molecule has 0 spiro atoms. The molecule has 2 aromatic heterocycles. The maximum Gasteiger partial charge on any atom is 0.235 e. The van der Waals surface area contributed by atoms with E-state index in [1.165, 1.54) is 0 Å². The van der Waals surface area contributed by atoms with Gasteiger partial charge in [-0.2, -0.15) is 0 Å². The summed E-state index contributed by atoms with van der Waals surface area (Å²) in [6, 6.07) is 7.95. The zero-order chi connectivity index (χ0) is 11.7. The lowest BCUT2D eigenvalue weighted by atomic mass is 10.1. The number of aliphatic imine (C=N–C) groups is 1. The number of nitrogens with zero attached hydrogens (tertiary/aromatic N) is 2. The monoisotopic (exact) mass is 223 g/mol. The van der Waals surface area contributed by atoms with Crippen molar-refractivity contribution in [1.82, 2.24) is 9.97 Å². The molecule has 1 N–H and O–H groups in total. The summed E-state index contributed by atoms with van der Waals surface area (Å²) in [7, 11) is 0. The van der Waals surface area contributed by atoms with Crippen molar-refractivity contribution in [1.29, 1.82) is 0 Å². The fourth-order valence-corrected chi connectivity index (χ4v) is 2.02. The molecule has 0 aliphatic rings. The normalized spacial score (nSPS) is 10.6. The number of H-pyrrole nitrogens is 1. The van der Waals surface area contributed by atoms with E-state index in [4.69, 9.17) is 0 Å². The highest BCUT2D eigenvalue weighted by Crippen LogP contribution is 2.25. The molecule has 0 amide bonds. The molecule has 3 rings (SSSR count). The Morgan fingerprint density at radius 2 is 2.18 bits per heavy atom. The van der Waals surface area contributed by atoms with E-state index in [0.29, 0.717) is 6.54 Å². The van der Waals surface area contributed by atoms with Gasteiger partial charge in [-0.25, -0.2) is 9.79 Å². The Hall–Kier alpha value is -2.45. The third-order valence-electron chi connectivity index (χ3n) is 2.79. The van der Waals surface area contributed by atoms with Crippen LogP contribution in [0.2, 0.25) is 0 Å². The Morgan fingerprint density at radius 1 is 1.24 bits per heavy atom. The van der Waals surface area contributed by atoms with Gasteiger partial charge in [-0.3, -0.25) is 4.98 Å². The number of fused-ring (bicyclic) bond motifs is 3. The quantitative estimate of drug-likeness (QED) is 0.536. The van der Waals surface area contributed by atoms with Crippen molar-refractivity contribution in [3.8, 4) is 0 Å². The molecule has 0 aliphatic heterocycles. The summed E-state index contributed by atoms with van der Waals surface area (Å²) in [6.45, 7) is 0.372. The van der Waals surface area contributed by atoms with Crippen LogP contribution in [0.25, 0.3) is 21.8 Å². The van der Waals surface area contributed by atoms with Crippen LogP contribution in [0.5, 0.6) is 0 Å². The minimum atomic E-state index is 0.372. The molecule has 4 nitrogen and oxygen atoms in total. The molecule has 82 valence electrons. The Balaban J connectivity index is 2.26. The van der Waals surface area contributed by atoms with E-state index in [-0.39, 0.29) is 0 Å². The fraction of sp³-hybridized carbons (Fsp3) is 0.0769. The third kappa shape index (κ3) is 1.61. The van der Waals surface area contributed by atoms with E-state index >= 15 is 0 Å². The van der Waals surface area contributed by atoms with Crippen molar-refractivity contribution in [2.24, 2.45) is 4.99 Å². The fourth-order valence-electron chi connectivity index (χ4n) is 2.02. The zero-order valence-electron chi connectivity index (χ0n) is 8.97. The van der Waals surface area contributed by atoms with E-state index in [1.807, 2.05) is 24.3 Å². The van der Waals surface area contributed by atoms with Crippen molar-refractivity contribution < 1.29 is 4.79 Å². The number of aromatic amines is 1. The maximum atomic E-state index is 10.1. The smallest absolute Gasteiger partial charge is 0.235 e. The lowest BCUT2D eigenvalue weighted by Crippen LogP contribution is -1.80. The molecule has 0 saturated heterocycles. The van der Waals surface area contributed by atoms with Gasteiger partial charge in [-0.15, -0.1) is 0 Å². The molecule has 1 aromatic carbocycles. The number of benzene rings is 1. The Morgan fingerprint density at radius 3 is 3.06 bits per heavy atom. The SMILES string of the molecule is O=C=NCc1ccc2[nH]c3cnccc3c2c1. The van der Waals surface area contributed by atoms with Crippen LogP contribution >= 0.6 is 0 Å². The van der Waals surface area contributed by atoms with Crippen LogP contribution in [0.4, 0.5) is 0 Å². The summed E-state index contributed by atoms with van der Waals surface area (Å²) in [6.07, 6.45) is 5.13. The van der Waals surface area contributed by atoms with E-state index in [0.717, 1.165) is 27.4 Å². The highest BCUT2D eigenvalue weighted by atomic mass is 16.1.